The molecule has 11 heteroatoms. The van der Waals surface area contributed by atoms with Gasteiger partial charge in [0.25, 0.3) is 0 Å². The van der Waals surface area contributed by atoms with Crippen molar-refractivity contribution in [1.82, 2.24) is 19.9 Å². The number of aromatic nitrogens is 3. The summed E-state index contributed by atoms with van der Waals surface area (Å²) in [6.07, 6.45) is 3.96. The van der Waals surface area contributed by atoms with Crippen molar-refractivity contribution >= 4 is 62.1 Å². The second-order valence-corrected chi connectivity index (χ2v) is 9.91. The van der Waals surface area contributed by atoms with E-state index in [9.17, 15) is 14.3 Å². The number of amides is 1. The number of fused-ring (bicyclic) bond motifs is 3. The van der Waals surface area contributed by atoms with Gasteiger partial charge in [-0.1, -0.05) is 36.4 Å². The van der Waals surface area contributed by atoms with E-state index < -0.39 is 11.9 Å². The average Bonchev–Trinajstić information content (AvgIpc) is 3.06. The van der Waals surface area contributed by atoms with Gasteiger partial charge in [-0.2, -0.15) is 0 Å². The first-order valence-electron chi connectivity index (χ1n) is 10.1. The molecule has 2 aliphatic heterocycles. The van der Waals surface area contributed by atoms with E-state index in [1.54, 1.807) is 4.90 Å². The van der Waals surface area contributed by atoms with E-state index in [0.29, 0.717) is 33.9 Å². The smallest absolute Gasteiger partial charge is 0.407 e. The monoisotopic (exact) mass is 529 g/mol. The van der Waals surface area contributed by atoms with E-state index in [1.807, 2.05) is 13.0 Å². The molecular formula is C20H22BrClFN5O2S. The largest absolute Gasteiger partial charge is 0.465 e. The van der Waals surface area contributed by atoms with E-state index in [1.165, 1.54) is 11.8 Å². The van der Waals surface area contributed by atoms with Gasteiger partial charge in [0, 0.05) is 6.54 Å². The van der Waals surface area contributed by atoms with Crippen molar-refractivity contribution in [2.45, 2.75) is 55.9 Å². The molecule has 0 radical (unpaired) electrons. The van der Waals surface area contributed by atoms with Crippen LogP contribution in [0.1, 0.15) is 32.6 Å². The van der Waals surface area contributed by atoms with Crippen LogP contribution in [0.25, 0.3) is 10.9 Å². The maximum absolute atomic E-state index is 14.9. The molecule has 0 saturated carbocycles. The summed E-state index contributed by atoms with van der Waals surface area (Å²) in [6.45, 7) is 6.27. The second kappa shape index (κ2) is 9.07. The fraction of sp³-hybridized carbons (Fsp3) is 0.500. The summed E-state index contributed by atoms with van der Waals surface area (Å²) in [5.41, 5.74) is 0.114. The van der Waals surface area contributed by atoms with Crippen LogP contribution in [0.15, 0.2) is 22.4 Å². The van der Waals surface area contributed by atoms with Gasteiger partial charge >= 0.3 is 6.09 Å². The molecule has 2 aromatic heterocycles. The van der Waals surface area contributed by atoms with Gasteiger partial charge in [0.15, 0.2) is 16.1 Å². The molecule has 166 valence electrons. The molecular weight excluding hydrogens is 509 g/mol. The van der Waals surface area contributed by atoms with E-state index in [0.717, 1.165) is 25.0 Å². The molecule has 3 atom stereocenters. The van der Waals surface area contributed by atoms with Gasteiger partial charge in [0.05, 0.1) is 23.5 Å². The van der Waals surface area contributed by atoms with Gasteiger partial charge in [-0.25, -0.2) is 24.1 Å². The Labute approximate surface area is 197 Å². The van der Waals surface area contributed by atoms with Crippen LogP contribution in [-0.2, 0) is 0 Å². The van der Waals surface area contributed by atoms with Crippen LogP contribution in [0.4, 0.5) is 15.0 Å². The summed E-state index contributed by atoms with van der Waals surface area (Å²) < 4.78 is 15.3. The van der Waals surface area contributed by atoms with Crippen LogP contribution in [0.3, 0.4) is 0 Å². The number of carbonyl (C=O) groups is 1. The second-order valence-electron chi connectivity index (χ2n) is 7.57. The molecule has 0 spiro atoms. The molecule has 2 saturated heterocycles. The maximum atomic E-state index is 14.9. The van der Waals surface area contributed by atoms with Crippen molar-refractivity contribution in [3.05, 3.63) is 28.2 Å². The summed E-state index contributed by atoms with van der Waals surface area (Å²) in [6, 6.07) is -0.415. The van der Waals surface area contributed by atoms with Gasteiger partial charge in [-0.15, -0.1) is 6.58 Å². The van der Waals surface area contributed by atoms with Crippen LogP contribution >= 0.6 is 39.3 Å². The van der Waals surface area contributed by atoms with Gasteiger partial charge in [-0.3, -0.25) is 4.90 Å². The third kappa shape index (κ3) is 3.98. The maximum Gasteiger partial charge on any atom is 0.407 e. The highest BCUT2D eigenvalue weighted by Crippen LogP contribution is 2.42. The number of pyridine rings is 1. The molecule has 0 aromatic carbocycles. The molecule has 1 amide bonds. The van der Waals surface area contributed by atoms with Gasteiger partial charge < -0.3 is 10.0 Å². The Bertz CT molecular complexity index is 1040. The minimum Gasteiger partial charge on any atom is -0.465 e. The number of anilines is 1. The van der Waals surface area contributed by atoms with Gasteiger partial charge in [0.2, 0.25) is 0 Å². The average molecular weight is 531 g/mol. The van der Waals surface area contributed by atoms with Crippen LogP contribution in [0, 0.1) is 5.82 Å². The molecule has 2 bridgehead atoms. The van der Waals surface area contributed by atoms with Crippen LogP contribution in [0.5, 0.6) is 0 Å². The Hall–Kier alpha value is -1.65. The van der Waals surface area contributed by atoms with E-state index in [4.69, 9.17) is 16.6 Å². The summed E-state index contributed by atoms with van der Waals surface area (Å²) in [7, 11) is 0. The normalized spacial score (nSPS) is 22.9. The van der Waals surface area contributed by atoms with E-state index >= 15 is 0 Å². The number of halogens is 3. The Morgan fingerprint density at radius 1 is 1.42 bits per heavy atom. The predicted octanol–water partition coefficient (Wildman–Crippen LogP) is 5.36. The zero-order valence-corrected chi connectivity index (χ0v) is 20.1. The Morgan fingerprint density at radius 3 is 2.87 bits per heavy atom. The first-order chi connectivity index (χ1) is 14.9. The zero-order chi connectivity index (χ0) is 22.3. The van der Waals surface area contributed by atoms with Crippen molar-refractivity contribution in [2.24, 2.45) is 0 Å². The molecule has 4 rings (SSSR count). The SMILES string of the molecule is C=CCC[C@@H]1[C@@H]2CC[C@H](CN1c1nc(SCC)nc3c(F)c(Cl)nc(Br)c13)N2C(=O)O. The minimum absolute atomic E-state index is 0.114. The number of thioether (sulfide) groups is 1. The summed E-state index contributed by atoms with van der Waals surface area (Å²) in [5.74, 6) is 0.605. The summed E-state index contributed by atoms with van der Waals surface area (Å²) in [4.78, 5) is 28.9. The standard InChI is InChI=1S/C20H22BrClFN5O2S/c1-3-5-6-11-12-8-7-10(28(12)20(29)30)9-27(11)18-13-15(24-19(26-18)31-4-2)14(23)17(22)25-16(13)21/h3,10-12H,1,4-9H2,2H3,(H,29,30)/t10-,11-,12+/m1/s1. The van der Waals surface area contributed by atoms with Crippen LogP contribution < -0.4 is 4.90 Å². The lowest BCUT2D eigenvalue weighted by atomic mass is 9.97. The highest BCUT2D eigenvalue weighted by molar-refractivity contribution is 9.10. The first kappa shape index (κ1) is 22.5. The summed E-state index contributed by atoms with van der Waals surface area (Å²) in [5, 5.41) is 10.4. The van der Waals surface area contributed by atoms with Crippen molar-refractivity contribution in [3.63, 3.8) is 0 Å². The van der Waals surface area contributed by atoms with Gasteiger partial charge in [0.1, 0.15) is 15.9 Å². The van der Waals surface area contributed by atoms with Crippen molar-refractivity contribution in [1.29, 1.82) is 0 Å². The number of nitrogens with zero attached hydrogens (tertiary/aromatic N) is 5. The van der Waals surface area contributed by atoms with E-state index in [-0.39, 0.29) is 28.8 Å². The Morgan fingerprint density at radius 2 is 2.19 bits per heavy atom. The first-order valence-corrected chi connectivity index (χ1v) is 12.3. The number of piperazine rings is 1. The molecule has 4 heterocycles. The number of rotatable bonds is 6. The number of hydrogen-bond donors (Lipinski definition) is 1. The topological polar surface area (TPSA) is 82.5 Å². The number of allylic oxidation sites excluding steroid dienone is 1. The zero-order valence-electron chi connectivity index (χ0n) is 16.9. The molecule has 1 N–H and O–H groups in total. The fourth-order valence-electron chi connectivity index (χ4n) is 4.69. The lowest BCUT2D eigenvalue weighted by Crippen LogP contribution is -2.61. The molecule has 7 nitrogen and oxygen atoms in total. The predicted molar refractivity (Wildman–Crippen MR) is 124 cm³/mol. The minimum atomic E-state index is -0.897. The van der Waals surface area contributed by atoms with Crippen molar-refractivity contribution < 1.29 is 14.3 Å². The molecule has 31 heavy (non-hydrogen) atoms. The molecule has 2 fully saturated rings. The number of carboxylic acid groups (broad SMARTS) is 1. The van der Waals surface area contributed by atoms with Crippen LogP contribution in [0.2, 0.25) is 5.15 Å². The Balaban J connectivity index is 1.90. The van der Waals surface area contributed by atoms with Gasteiger partial charge in [-0.05, 0) is 47.4 Å². The lowest BCUT2D eigenvalue weighted by molar-refractivity contribution is 0.0996. The van der Waals surface area contributed by atoms with Crippen molar-refractivity contribution in [2.75, 3.05) is 17.2 Å². The molecule has 0 unspecified atom stereocenters. The van der Waals surface area contributed by atoms with Crippen molar-refractivity contribution in [3.8, 4) is 0 Å². The van der Waals surface area contributed by atoms with E-state index in [2.05, 4.69) is 37.4 Å². The third-order valence-electron chi connectivity index (χ3n) is 5.89. The highest BCUT2D eigenvalue weighted by Gasteiger charge is 2.49. The highest BCUT2D eigenvalue weighted by atomic mass is 79.9. The third-order valence-corrected chi connectivity index (χ3v) is 7.45. The fourth-order valence-corrected chi connectivity index (χ4v) is 6.07. The number of hydrogen-bond acceptors (Lipinski definition) is 6. The quantitative estimate of drug-likeness (QED) is 0.233. The Kier molecular flexibility index (Phi) is 6.60. The summed E-state index contributed by atoms with van der Waals surface area (Å²) >= 11 is 10.8. The lowest BCUT2D eigenvalue weighted by Gasteiger charge is -2.46. The van der Waals surface area contributed by atoms with Crippen LogP contribution in [-0.4, -0.2) is 61.5 Å². The molecule has 2 aromatic rings. The molecule has 2 aliphatic rings. The molecule has 0 aliphatic carbocycles.